The highest BCUT2D eigenvalue weighted by atomic mass is 16.5. The fourth-order valence-electron chi connectivity index (χ4n) is 11.0. The van der Waals surface area contributed by atoms with Crippen molar-refractivity contribution in [3.05, 3.63) is 35.9 Å². The third kappa shape index (κ3) is 11.1. The molecule has 0 radical (unpaired) electrons. The molecule has 4 aliphatic carbocycles. The molecule has 1 aromatic rings. The van der Waals surface area contributed by atoms with E-state index < -0.39 is 29.4 Å². The van der Waals surface area contributed by atoms with Crippen LogP contribution in [0.4, 0.5) is 0 Å². The van der Waals surface area contributed by atoms with E-state index in [1.54, 1.807) is 0 Å². The molecule has 0 spiro atoms. The van der Waals surface area contributed by atoms with Crippen molar-refractivity contribution in [1.82, 2.24) is 16.0 Å². The van der Waals surface area contributed by atoms with Crippen LogP contribution in [0.25, 0.3) is 0 Å². The molecule has 55 heavy (non-hydrogen) atoms. The van der Waals surface area contributed by atoms with Gasteiger partial charge in [0.25, 0.3) is 0 Å². The van der Waals surface area contributed by atoms with E-state index in [-0.39, 0.29) is 55.9 Å². The number of benzene rings is 1. The van der Waals surface area contributed by atoms with Crippen molar-refractivity contribution in [3.8, 4) is 0 Å². The first-order valence-electron chi connectivity index (χ1n) is 20.9. The second-order valence-electron chi connectivity index (χ2n) is 18.4. The van der Waals surface area contributed by atoms with Crippen LogP contribution in [0, 0.1) is 40.4 Å². The van der Waals surface area contributed by atoms with E-state index in [2.05, 4.69) is 29.8 Å². The van der Waals surface area contributed by atoms with Gasteiger partial charge in [0.1, 0.15) is 19.3 Å². The summed E-state index contributed by atoms with van der Waals surface area (Å²) in [5.74, 6) is 1.61. The van der Waals surface area contributed by atoms with E-state index in [0.717, 1.165) is 49.5 Å². The van der Waals surface area contributed by atoms with Gasteiger partial charge < -0.3 is 30.2 Å². The Hall–Kier alpha value is -3.47. The van der Waals surface area contributed by atoms with E-state index >= 15 is 0 Å². The molecule has 1 aromatic carbocycles. The number of carbonyl (C=O) groups is 5. The van der Waals surface area contributed by atoms with Gasteiger partial charge in [0.05, 0.1) is 19.3 Å². The molecule has 4 fully saturated rings. The molecule has 4 aliphatic rings. The average Bonchev–Trinajstić information content (AvgIpc) is 3.49. The van der Waals surface area contributed by atoms with Crippen molar-refractivity contribution in [2.45, 2.75) is 149 Å². The van der Waals surface area contributed by atoms with Gasteiger partial charge in [-0.05, 0) is 144 Å². The van der Waals surface area contributed by atoms with Crippen LogP contribution in [0.3, 0.4) is 0 Å². The topological polar surface area (TPSA) is 149 Å². The summed E-state index contributed by atoms with van der Waals surface area (Å²) >= 11 is 0. The van der Waals surface area contributed by atoms with Gasteiger partial charge in [0, 0.05) is 18.9 Å². The Labute approximate surface area is 328 Å². The summed E-state index contributed by atoms with van der Waals surface area (Å²) in [5.41, 5.74) is 0.941. The van der Waals surface area contributed by atoms with Gasteiger partial charge in [0.2, 0.25) is 17.7 Å². The van der Waals surface area contributed by atoms with Crippen LogP contribution in [0.15, 0.2) is 30.3 Å². The summed E-state index contributed by atoms with van der Waals surface area (Å²) < 4.78 is 15.8. The third-order valence-corrected chi connectivity index (χ3v) is 14.0. The van der Waals surface area contributed by atoms with Crippen LogP contribution in [0.5, 0.6) is 0 Å². The summed E-state index contributed by atoms with van der Waals surface area (Å²) in [6, 6.07) is 8.34. The Morgan fingerprint density at radius 3 is 2.31 bits per heavy atom. The first kappa shape index (κ1) is 42.7. The number of hydrogen-bond acceptors (Lipinski definition) is 8. The Bertz CT molecular complexity index is 1500. The minimum atomic E-state index is -1.04. The molecule has 3 amide bonds. The molecule has 11 nitrogen and oxygen atoms in total. The van der Waals surface area contributed by atoms with Crippen molar-refractivity contribution < 1.29 is 38.2 Å². The van der Waals surface area contributed by atoms with Gasteiger partial charge in [-0.2, -0.15) is 0 Å². The molecule has 5 rings (SSSR count). The molecule has 9 atom stereocenters. The summed E-state index contributed by atoms with van der Waals surface area (Å²) in [4.78, 5) is 63.5. The number of amides is 3. The van der Waals surface area contributed by atoms with E-state index in [0.29, 0.717) is 29.6 Å². The lowest BCUT2D eigenvalue weighted by molar-refractivity contribution is -0.146. The van der Waals surface area contributed by atoms with Gasteiger partial charge in [-0.15, -0.1) is 0 Å². The van der Waals surface area contributed by atoms with Crippen molar-refractivity contribution in [2.24, 2.45) is 40.4 Å². The minimum Gasteiger partial charge on any atom is -0.469 e. The number of ether oxygens (including phenoxy) is 3. The van der Waals surface area contributed by atoms with Crippen LogP contribution in [0.1, 0.15) is 130 Å². The van der Waals surface area contributed by atoms with Gasteiger partial charge in [0.15, 0.2) is 0 Å². The smallest absolute Gasteiger partial charge is 0.306 e. The number of methoxy groups -OCH3 is 1. The normalized spacial score (nSPS) is 30.4. The number of nitrogens with one attached hydrogen (secondary N) is 3. The summed E-state index contributed by atoms with van der Waals surface area (Å²) in [5, 5.41) is 8.59. The molecule has 3 N–H and O–H groups in total. The van der Waals surface area contributed by atoms with Crippen LogP contribution in [-0.4, -0.2) is 67.6 Å². The van der Waals surface area contributed by atoms with Crippen LogP contribution in [-0.2, 0) is 44.8 Å². The lowest BCUT2D eigenvalue weighted by atomic mass is 9.44. The molecule has 11 heteroatoms. The number of hydrogen-bond donors (Lipinski definition) is 3. The molecular weight excluding hydrogens is 698 g/mol. The monoisotopic (exact) mass is 765 g/mol. The van der Waals surface area contributed by atoms with E-state index in [9.17, 15) is 24.0 Å². The Balaban J connectivity index is 1.09. The van der Waals surface area contributed by atoms with Crippen LogP contribution >= 0.6 is 0 Å². The zero-order valence-corrected chi connectivity index (χ0v) is 34.2. The fraction of sp³-hybridized carbons (Fsp3) is 0.750. The standard InChI is InChI=1S/C44H67N3O8/c1-42(2,3)55-28-38(49)47-36(19-20-40(51)54-27-29-11-8-7-9-12-29)41(52)45-26-37(48)46-32-21-23-44(5)31(25-32)15-17-33-34-18-16-30(13-10-14-39(50)53-6)43(34,4)24-22-35(33)44/h7-9,11-12,30-36H,10,13-28H2,1-6H3,(H,45,52)(H,46,48)(H,47,49). The predicted molar refractivity (Wildman–Crippen MR) is 209 cm³/mol. The maximum atomic E-state index is 13.3. The Kier molecular flexibility index (Phi) is 14.5. The van der Waals surface area contributed by atoms with E-state index in [1.165, 1.54) is 45.6 Å². The second-order valence-corrected chi connectivity index (χ2v) is 18.4. The Morgan fingerprint density at radius 1 is 0.855 bits per heavy atom. The highest BCUT2D eigenvalue weighted by Crippen LogP contribution is 2.68. The van der Waals surface area contributed by atoms with E-state index in [1.807, 2.05) is 51.1 Å². The van der Waals surface area contributed by atoms with Gasteiger partial charge in [-0.3, -0.25) is 24.0 Å². The van der Waals surface area contributed by atoms with Crippen molar-refractivity contribution in [1.29, 1.82) is 0 Å². The summed E-state index contributed by atoms with van der Waals surface area (Å²) in [6.45, 7) is 10.2. The SMILES string of the molecule is COC(=O)CCCC1CCC2C3CCC4CC(NC(=O)CNC(=O)C(CCC(=O)OCc5ccccc5)NC(=O)COC(C)(C)C)CCC4(C)C3CCC12C. The number of fused-ring (bicyclic) bond motifs is 5. The summed E-state index contributed by atoms with van der Waals surface area (Å²) in [6.07, 6.45) is 13.0. The lowest BCUT2D eigenvalue weighted by Crippen LogP contribution is -2.56. The predicted octanol–water partition coefficient (Wildman–Crippen LogP) is 6.41. The quantitative estimate of drug-likeness (QED) is 0.164. The largest absolute Gasteiger partial charge is 0.469 e. The van der Waals surface area contributed by atoms with Crippen molar-refractivity contribution in [3.63, 3.8) is 0 Å². The number of rotatable bonds is 16. The molecule has 0 saturated heterocycles. The molecule has 0 bridgehead atoms. The van der Waals surface area contributed by atoms with Crippen LogP contribution in [0.2, 0.25) is 0 Å². The van der Waals surface area contributed by atoms with Gasteiger partial charge >= 0.3 is 11.9 Å². The molecule has 4 saturated carbocycles. The molecule has 306 valence electrons. The number of esters is 2. The highest BCUT2D eigenvalue weighted by Gasteiger charge is 2.60. The molecule has 0 heterocycles. The summed E-state index contributed by atoms with van der Waals surface area (Å²) in [7, 11) is 1.47. The van der Waals surface area contributed by atoms with Crippen LogP contribution < -0.4 is 16.0 Å². The van der Waals surface area contributed by atoms with Crippen molar-refractivity contribution in [2.75, 3.05) is 20.3 Å². The fourth-order valence-corrected chi connectivity index (χ4v) is 11.0. The zero-order valence-electron chi connectivity index (χ0n) is 34.2. The Morgan fingerprint density at radius 2 is 1.58 bits per heavy atom. The van der Waals surface area contributed by atoms with Crippen molar-refractivity contribution >= 4 is 29.7 Å². The maximum absolute atomic E-state index is 13.3. The van der Waals surface area contributed by atoms with E-state index in [4.69, 9.17) is 14.2 Å². The zero-order chi connectivity index (χ0) is 39.8. The average molecular weight is 766 g/mol. The highest BCUT2D eigenvalue weighted by molar-refractivity contribution is 5.91. The first-order valence-corrected chi connectivity index (χ1v) is 20.9. The molecular formula is C44H67N3O8. The molecule has 0 aromatic heterocycles. The maximum Gasteiger partial charge on any atom is 0.306 e. The first-order chi connectivity index (χ1) is 26.1. The minimum absolute atomic E-state index is 0.0173. The third-order valence-electron chi connectivity index (χ3n) is 14.0. The lowest BCUT2D eigenvalue weighted by Gasteiger charge is -2.61. The molecule has 0 aliphatic heterocycles. The van der Waals surface area contributed by atoms with Gasteiger partial charge in [-0.25, -0.2) is 0 Å². The second kappa shape index (κ2) is 18.6. The number of carbonyl (C=O) groups excluding carboxylic acids is 5. The molecule has 9 unspecified atom stereocenters. The van der Waals surface area contributed by atoms with Gasteiger partial charge in [-0.1, -0.05) is 44.2 Å².